The van der Waals surface area contributed by atoms with Crippen molar-refractivity contribution in [1.29, 1.82) is 0 Å². The number of nitrogens with zero attached hydrogens (tertiary/aromatic N) is 2. The van der Waals surface area contributed by atoms with Crippen LogP contribution in [0, 0.1) is 17.5 Å². The maximum atomic E-state index is 13.9. The number of allylic oxidation sites excluding steroid dienone is 4. The molecule has 1 aromatic carbocycles. The molecule has 2 heterocycles. The van der Waals surface area contributed by atoms with E-state index in [2.05, 4.69) is 10.7 Å². The lowest BCUT2D eigenvalue weighted by Gasteiger charge is -2.34. The van der Waals surface area contributed by atoms with Gasteiger partial charge >= 0.3 is 0 Å². The Morgan fingerprint density at radius 2 is 1.91 bits per heavy atom. The van der Waals surface area contributed by atoms with Crippen molar-refractivity contribution in [2.45, 2.75) is 50.7 Å². The van der Waals surface area contributed by atoms with Gasteiger partial charge in [-0.15, -0.1) is 0 Å². The molecule has 6 nitrogen and oxygen atoms in total. The molecule has 0 spiro atoms. The molecule has 2 N–H and O–H groups in total. The van der Waals surface area contributed by atoms with E-state index < -0.39 is 23.5 Å². The molecule has 32 heavy (non-hydrogen) atoms. The Hall–Kier alpha value is -2.52. The van der Waals surface area contributed by atoms with E-state index in [4.69, 9.17) is 11.6 Å². The molecular formula is C22H24ClF3N4O2. The largest absolute Gasteiger partial charge is 0.351 e. The van der Waals surface area contributed by atoms with Crippen LogP contribution in [0.5, 0.6) is 0 Å². The highest BCUT2D eigenvalue weighted by atomic mass is 35.5. The van der Waals surface area contributed by atoms with Gasteiger partial charge in [0.2, 0.25) is 11.8 Å². The first kappa shape index (κ1) is 22.7. The third kappa shape index (κ3) is 5.10. The fourth-order valence-electron chi connectivity index (χ4n) is 4.31. The second-order valence-corrected chi connectivity index (χ2v) is 8.80. The minimum atomic E-state index is -1.20. The van der Waals surface area contributed by atoms with Crippen molar-refractivity contribution in [2.24, 2.45) is 0 Å². The van der Waals surface area contributed by atoms with Crippen LogP contribution < -0.4 is 10.7 Å². The minimum absolute atomic E-state index is 0.0221. The molecule has 0 saturated carbocycles. The maximum Gasteiger partial charge on any atom is 0.245 e. The lowest BCUT2D eigenvalue weighted by Crippen LogP contribution is -2.51. The number of piperidine rings is 1. The Bertz CT molecular complexity index is 976. The van der Waals surface area contributed by atoms with Crippen molar-refractivity contribution in [3.8, 4) is 0 Å². The Morgan fingerprint density at radius 1 is 1.16 bits per heavy atom. The van der Waals surface area contributed by atoms with Crippen LogP contribution in [0.1, 0.15) is 37.7 Å². The summed E-state index contributed by atoms with van der Waals surface area (Å²) in [5.41, 5.74) is 3.55. The standard InChI is InChI=1S/C22H24ClF3N4O2/c23-14-1-3-17(4-2-14)30-19(11-20(31)28-30)22(32)27-16-5-7-29(8-6-16)12-13-9-15(24)10-18(25)21(13)26/h1,3,9-10,16,19H,2,4-8,11-12H2,(H,27,32)(H,28,31). The third-order valence-corrected chi connectivity index (χ3v) is 6.34. The summed E-state index contributed by atoms with van der Waals surface area (Å²) in [6.07, 6.45) is 6.16. The van der Waals surface area contributed by atoms with E-state index in [1.165, 1.54) is 0 Å². The Kier molecular flexibility index (Phi) is 6.76. The van der Waals surface area contributed by atoms with Crippen molar-refractivity contribution < 1.29 is 22.8 Å². The van der Waals surface area contributed by atoms with Gasteiger partial charge in [-0.3, -0.25) is 24.9 Å². The zero-order valence-corrected chi connectivity index (χ0v) is 18.1. The van der Waals surface area contributed by atoms with Crippen LogP contribution in [-0.2, 0) is 16.1 Å². The number of hydrazine groups is 1. The van der Waals surface area contributed by atoms with Crippen LogP contribution in [0.25, 0.3) is 0 Å². The van der Waals surface area contributed by atoms with Gasteiger partial charge in [-0.25, -0.2) is 13.2 Å². The Balaban J connectivity index is 1.32. The normalized spacial score (nSPS) is 22.4. The average Bonchev–Trinajstić information content (AvgIpc) is 3.15. The van der Waals surface area contributed by atoms with Crippen molar-refractivity contribution in [2.75, 3.05) is 13.1 Å². The minimum Gasteiger partial charge on any atom is -0.351 e. The van der Waals surface area contributed by atoms with E-state index in [0.29, 0.717) is 44.8 Å². The molecule has 4 rings (SSSR count). The van der Waals surface area contributed by atoms with Gasteiger partial charge in [-0.05, 0) is 43.9 Å². The Morgan fingerprint density at radius 3 is 2.59 bits per heavy atom. The average molecular weight is 469 g/mol. The van der Waals surface area contributed by atoms with Gasteiger partial charge in [0.05, 0.1) is 6.42 Å². The number of amides is 2. The summed E-state index contributed by atoms with van der Waals surface area (Å²) >= 11 is 6.00. The number of hydrogen-bond acceptors (Lipinski definition) is 4. The van der Waals surface area contributed by atoms with E-state index >= 15 is 0 Å². The third-order valence-electron chi connectivity index (χ3n) is 6.02. The second-order valence-electron chi connectivity index (χ2n) is 8.32. The fourth-order valence-corrected chi connectivity index (χ4v) is 4.46. The first-order valence-corrected chi connectivity index (χ1v) is 11.0. The van der Waals surface area contributed by atoms with Crippen molar-refractivity contribution in [1.82, 2.24) is 20.7 Å². The van der Waals surface area contributed by atoms with Crippen LogP contribution >= 0.6 is 11.6 Å². The van der Waals surface area contributed by atoms with Gasteiger partial charge in [0.1, 0.15) is 11.9 Å². The summed E-state index contributed by atoms with van der Waals surface area (Å²) in [4.78, 5) is 26.8. The number of halogens is 4. The van der Waals surface area contributed by atoms with E-state index in [1.54, 1.807) is 11.1 Å². The van der Waals surface area contributed by atoms with Gasteiger partial charge in [0, 0.05) is 48.0 Å². The maximum absolute atomic E-state index is 13.9. The number of carbonyl (C=O) groups is 2. The smallest absolute Gasteiger partial charge is 0.245 e. The SMILES string of the molecule is O=C1CC(C(=O)NC2CCN(Cc3cc(F)cc(F)c3F)CC2)N(C2=CC=C(Cl)CC2)N1. The number of hydrogen-bond donors (Lipinski definition) is 2. The molecule has 2 fully saturated rings. The molecule has 2 aliphatic heterocycles. The number of rotatable bonds is 5. The molecule has 172 valence electrons. The summed E-state index contributed by atoms with van der Waals surface area (Å²) in [6, 6.07) is 0.801. The van der Waals surface area contributed by atoms with Gasteiger partial charge < -0.3 is 5.32 Å². The molecule has 1 unspecified atom stereocenters. The molecule has 2 amide bonds. The summed E-state index contributed by atoms with van der Waals surface area (Å²) in [5, 5.41) is 5.36. The van der Waals surface area contributed by atoms with Crippen LogP contribution in [0.2, 0.25) is 0 Å². The summed E-state index contributed by atoms with van der Waals surface area (Å²) < 4.78 is 40.8. The topological polar surface area (TPSA) is 64.7 Å². The summed E-state index contributed by atoms with van der Waals surface area (Å²) in [6.45, 7) is 1.19. The van der Waals surface area contributed by atoms with Crippen LogP contribution in [-0.4, -0.2) is 46.9 Å². The number of carbonyl (C=O) groups excluding carboxylic acids is 2. The second kappa shape index (κ2) is 9.54. The monoisotopic (exact) mass is 468 g/mol. The zero-order chi connectivity index (χ0) is 22.8. The van der Waals surface area contributed by atoms with E-state index in [1.807, 2.05) is 11.0 Å². The van der Waals surface area contributed by atoms with Crippen LogP contribution in [0.15, 0.2) is 35.0 Å². The summed E-state index contributed by atoms with van der Waals surface area (Å²) in [5.74, 6) is -3.49. The fraction of sp³-hybridized carbons (Fsp3) is 0.455. The zero-order valence-electron chi connectivity index (χ0n) is 17.3. The van der Waals surface area contributed by atoms with Crippen LogP contribution in [0.3, 0.4) is 0 Å². The molecule has 0 bridgehead atoms. The van der Waals surface area contributed by atoms with Gasteiger partial charge in [0.25, 0.3) is 0 Å². The van der Waals surface area contributed by atoms with Gasteiger partial charge in [-0.2, -0.15) is 0 Å². The predicted octanol–water partition coefficient (Wildman–Crippen LogP) is 3.09. The molecule has 0 aromatic heterocycles. The molecule has 1 atom stereocenters. The predicted molar refractivity (Wildman–Crippen MR) is 112 cm³/mol. The molecule has 0 radical (unpaired) electrons. The van der Waals surface area contributed by atoms with E-state index in [0.717, 1.165) is 16.8 Å². The first-order valence-electron chi connectivity index (χ1n) is 10.6. The van der Waals surface area contributed by atoms with E-state index in [-0.39, 0.29) is 36.4 Å². The Labute approximate surface area is 189 Å². The molecule has 10 heteroatoms. The van der Waals surface area contributed by atoms with Gasteiger partial charge in [0.15, 0.2) is 11.6 Å². The van der Waals surface area contributed by atoms with Crippen molar-refractivity contribution >= 4 is 23.4 Å². The molecular weight excluding hydrogens is 445 g/mol. The summed E-state index contributed by atoms with van der Waals surface area (Å²) in [7, 11) is 0. The highest BCUT2D eigenvalue weighted by Gasteiger charge is 2.38. The molecule has 1 aliphatic carbocycles. The highest BCUT2D eigenvalue weighted by molar-refractivity contribution is 6.29. The first-order chi connectivity index (χ1) is 15.3. The van der Waals surface area contributed by atoms with Crippen LogP contribution in [0.4, 0.5) is 13.2 Å². The number of nitrogens with one attached hydrogen (secondary N) is 2. The highest BCUT2D eigenvalue weighted by Crippen LogP contribution is 2.27. The molecule has 2 saturated heterocycles. The van der Waals surface area contributed by atoms with Crippen molar-refractivity contribution in [3.63, 3.8) is 0 Å². The lowest BCUT2D eigenvalue weighted by atomic mass is 10.0. The number of likely N-dealkylation sites (tertiary alicyclic amines) is 1. The number of benzene rings is 1. The molecule has 3 aliphatic rings. The van der Waals surface area contributed by atoms with Gasteiger partial charge in [-0.1, -0.05) is 11.6 Å². The lowest BCUT2D eigenvalue weighted by molar-refractivity contribution is -0.126. The quantitative estimate of drug-likeness (QED) is 0.652. The van der Waals surface area contributed by atoms with E-state index in [9.17, 15) is 22.8 Å². The molecule has 1 aromatic rings. The van der Waals surface area contributed by atoms with Crippen molar-refractivity contribution in [3.05, 3.63) is 58.0 Å².